The van der Waals surface area contributed by atoms with E-state index in [0.29, 0.717) is 59.9 Å². The van der Waals surface area contributed by atoms with Gasteiger partial charge in [-0.25, -0.2) is 0 Å². The van der Waals surface area contributed by atoms with Crippen molar-refractivity contribution < 1.29 is 33.5 Å². The number of rotatable bonds is 18. The highest BCUT2D eigenvalue weighted by atomic mass is 16.5. The Hall–Kier alpha value is -4.38. The molecule has 4 amide bonds. The smallest absolute Gasteiger partial charge is 0.224 e. The van der Waals surface area contributed by atoms with Gasteiger partial charge in [0.05, 0.1) is 0 Å². The van der Waals surface area contributed by atoms with Gasteiger partial charge in [0.2, 0.25) is 23.6 Å². The van der Waals surface area contributed by atoms with Gasteiger partial charge in [0.1, 0.15) is 0 Å². The molecule has 2 aromatic rings. The van der Waals surface area contributed by atoms with Gasteiger partial charge in [-0.05, 0) is 49.2 Å². The van der Waals surface area contributed by atoms with Crippen LogP contribution in [0.1, 0.15) is 99.8 Å². The van der Waals surface area contributed by atoms with Crippen LogP contribution in [0, 0.1) is 0 Å². The predicted octanol–water partition coefficient (Wildman–Crippen LogP) is 5.72. The SMILES string of the molecule is CCC(=O)Nc1cc(NC(=O)CC)cc(C(=O)CCCOCCCC(=O)c2cc(NC(=O)CC)cc(NC(=O)CC)c2)c1. The third-order valence-corrected chi connectivity index (χ3v) is 6.31. The minimum absolute atomic E-state index is 0.153. The minimum Gasteiger partial charge on any atom is -0.381 e. The molecule has 11 heteroatoms. The third kappa shape index (κ3) is 12.6. The predicted molar refractivity (Wildman–Crippen MR) is 167 cm³/mol. The first-order valence-corrected chi connectivity index (χ1v) is 14.7. The molecule has 0 fully saturated rings. The van der Waals surface area contributed by atoms with Crippen molar-refractivity contribution in [2.75, 3.05) is 34.5 Å². The number of carbonyl (C=O) groups is 6. The number of Topliss-reactive ketones (excluding diaryl/α,β-unsaturated/α-hetero) is 2. The number of hydrogen-bond donors (Lipinski definition) is 4. The molecule has 0 aromatic heterocycles. The molecule has 0 saturated carbocycles. The summed E-state index contributed by atoms with van der Waals surface area (Å²) < 4.78 is 5.64. The number of nitrogens with one attached hydrogen (secondary N) is 4. The lowest BCUT2D eigenvalue weighted by Crippen LogP contribution is -2.14. The number of hydrogen-bond acceptors (Lipinski definition) is 7. The number of benzene rings is 2. The lowest BCUT2D eigenvalue weighted by molar-refractivity contribution is -0.116. The van der Waals surface area contributed by atoms with Gasteiger partial charge >= 0.3 is 0 Å². The van der Waals surface area contributed by atoms with Crippen molar-refractivity contribution in [2.45, 2.75) is 79.1 Å². The molecular weight excluding hydrogens is 552 g/mol. The second-order valence-electron chi connectivity index (χ2n) is 9.87. The largest absolute Gasteiger partial charge is 0.381 e. The summed E-state index contributed by atoms with van der Waals surface area (Å²) in [6.45, 7) is 7.51. The second-order valence-corrected chi connectivity index (χ2v) is 9.87. The molecule has 0 aliphatic carbocycles. The van der Waals surface area contributed by atoms with Crippen LogP contribution in [0.4, 0.5) is 22.7 Å². The topological polar surface area (TPSA) is 160 Å². The quantitative estimate of drug-likeness (QED) is 0.127. The zero-order valence-electron chi connectivity index (χ0n) is 25.4. The molecule has 4 N–H and O–H groups in total. The van der Waals surface area contributed by atoms with Crippen LogP contribution in [0.25, 0.3) is 0 Å². The van der Waals surface area contributed by atoms with Crippen molar-refractivity contribution in [1.82, 2.24) is 0 Å². The average Bonchev–Trinajstić information content (AvgIpc) is 2.99. The molecule has 232 valence electrons. The lowest BCUT2D eigenvalue weighted by atomic mass is 10.0. The Morgan fingerprint density at radius 1 is 0.488 bits per heavy atom. The molecular formula is C32H42N4O7. The van der Waals surface area contributed by atoms with Crippen molar-refractivity contribution in [3.63, 3.8) is 0 Å². The van der Waals surface area contributed by atoms with Gasteiger partial charge in [-0.2, -0.15) is 0 Å². The molecule has 0 atom stereocenters. The van der Waals surface area contributed by atoms with Gasteiger partial charge < -0.3 is 26.0 Å². The number of ether oxygens (including phenoxy) is 1. The first-order chi connectivity index (χ1) is 20.6. The van der Waals surface area contributed by atoms with Crippen LogP contribution < -0.4 is 21.3 Å². The van der Waals surface area contributed by atoms with E-state index in [-0.39, 0.29) is 73.7 Å². The number of amides is 4. The summed E-state index contributed by atoms with van der Waals surface area (Å²) in [6.07, 6.45) is 2.42. The molecule has 0 aliphatic heterocycles. The van der Waals surface area contributed by atoms with Crippen LogP contribution in [0.5, 0.6) is 0 Å². The Labute approximate surface area is 252 Å². The van der Waals surface area contributed by atoms with E-state index in [2.05, 4.69) is 21.3 Å². The van der Waals surface area contributed by atoms with Crippen molar-refractivity contribution in [2.24, 2.45) is 0 Å². The molecule has 0 heterocycles. The maximum absolute atomic E-state index is 12.8. The molecule has 0 bridgehead atoms. The van der Waals surface area contributed by atoms with E-state index in [1.165, 1.54) is 0 Å². The van der Waals surface area contributed by atoms with Gasteiger partial charge in [0.15, 0.2) is 11.6 Å². The summed E-state index contributed by atoms with van der Waals surface area (Å²) in [4.78, 5) is 73.1. The Bertz CT molecular complexity index is 1150. The van der Waals surface area contributed by atoms with E-state index >= 15 is 0 Å². The van der Waals surface area contributed by atoms with E-state index < -0.39 is 0 Å². The first-order valence-electron chi connectivity index (χ1n) is 14.7. The average molecular weight is 595 g/mol. The molecule has 43 heavy (non-hydrogen) atoms. The van der Waals surface area contributed by atoms with Crippen molar-refractivity contribution in [3.8, 4) is 0 Å². The molecule has 0 aliphatic rings. The Morgan fingerprint density at radius 2 is 0.767 bits per heavy atom. The maximum Gasteiger partial charge on any atom is 0.224 e. The van der Waals surface area contributed by atoms with Crippen molar-refractivity contribution >= 4 is 57.9 Å². The monoisotopic (exact) mass is 594 g/mol. The first kappa shape index (κ1) is 34.8. The van der Waals surface area contributed by atoms with Crippen molar-refractivity contribution in [1.29, 1.82) is 0 Å². The van der Waals surface area contributed by atoms with Crippen LogP contribution in [0.3, 0.4) is 0 Å². The van der Waals surface area contributed by atoms with Gasteiger partial charge in [-0.3, -0.25) is 28.8 Å². The molecule has 0 spiro atoms. The highest BCUT2D eigenvalue weighted by Crippen LogP contribution is 2.23. The standard InChI is InChI=1S/C32H42N4O7/c1-5-29(39)33-23-15-21(16-24(19-23)34-30(40)6-2)27(37)11-9-13-43-14-10-12-28(38)22-17-25(35-31(41)7-3)20-26(18-22)36-32(42)8-4/h15-20H,5-14H2,1-4H3,(H,33,39)(H,34,40)(H,35,41)(H,36,42). The molecule has 0 radical (unpaired) electrons. The summed E-state index contributed by atoms with van der Waals surface area (Å²) in [6, 6.07) is 9.58. The molecule has 2 rings (SSSR count). The molecule has 2 aromatic carbocycles. The molecule has 0 saturated heterocycles. The zero-order valence-corrected chi connectivity index (χ0v) is 25.4. The minimum atomic E-state index is -0.205. The fourth-order valence-corrected chi connectivity index (χ4v) is 3.92. The van der Waals surface area contributed by atoms with Gasteiger partial charge in [-0.15, -0.1) is 0 Å². The molecule has 11 nitrogen and oxygen atoms in total. The summed E-state index contributed by atoms with van der Waals surface area (Å²) in [7, 11) is 0. The third-order valence-electron chi connectivity index (χ3n) is 6.31. The lowest BCUT2D eigenvalue weighted by Gasteiger charge is -2.12. The summed E-state index contributed by atoms with van der Waals surface area (Å²) in [5.41, 5.74) is 2.48. The van der Waals surface area contributed by atoms with Crippen LogP contribution in [-0.4, -0.2) is 48.4 Å². The Kier molecular flexibility index (Phi) is 14.8. The van der Waals surface area contributed by atoms with E-state index in [0.717, 1.165) is 0 Å². The highest BCUT2D eigenvalue weighted by molar-refractivity contribution is 6.02. The van der Waals surface area contributed by atoms with E-state index in [9.17, 15) is 28.8 Å². The van der Waals surface area contributed by atoms with Crippen LogP contribution >= 0.6 is 0 Å². The highest BCUT2D eigenvalue weighted by Gasteiger charge is 2.14. The Balaban J connectivity index is 1.88. The van der Waals surface area contributed by atoms with E-state index in [4.69, 9.17) is 4.74 Å². The van der Waals surface area contributed by atoms with Gasteiger partial charge in [0.25, 0.3) is 0 Å². The van der Waals surface area contributed by atoms with Crippen LogP contribution in [0.2, 0.25) is 0 Å². The van der Waals surface area contributed by atoms with E-state index in [1.807, 2.05) is 0 Å². The zero-order chi connectivity index (χ0) is 31.8. The number of ketones is 2. The normalized spacial score (nSPS) is 10.5. The van der Waals surface area contributed by atoms with Gasteiger partial charge in [0, 0.05) is 85.6 Å². The molecule has 0 unspecified atom stereocenters. The van der Waals surface area contributed by atoms with Crippen molar-refractivity contribution in [3.05, 3.63) is 47.5 Å². The van der Waals surface area contributed by atoms with Crippen LogP contribution in [-0.2, 0) is 23.9 Å². The fourth-order valence-electron chi connectivity index (χ4n) is 3.92. The van der Waals surface area contributed by atoms with Gasteiger partial charge in [-0.1, -0.05) is 27.7 Å². The number of anilines is 4. The summed E-state index contributed by atoms with van der Waals surface area (Å²) in [5.74, 6) is -1.13. The van der Waals surface area contributed by atoms with E-state index in [1.54, 1.807) is 64.1 Å². The van der Waals surface area contributed by atoms with Crippen LogP contribution in [0.15, 0.2) is 36.4 Å². The Morgan fingerprint density at radius 3 is 1.02 bits per heavy atom. The summed E-state index contributed by atoms with van der Waals surface area (Å²) >= 11 is 0. The maximum atomic E-state index is 12.8. The number of carbonyl (C=O) groups excluding carboxylic acids is 6. The second kappa shape index (κ2) is 18.2. The fraction of sp³-hybridized carbons (Fsp3) is 0.438. The summed E-state index contributed by atoms with van der Waals surface area (Å²) in [5, 5.41) is 10.9.